The molecule has 0 spiro atoms. The maximum Gasteiger partial charge on any atom is 0.0658 e. The Labute approximate surface area is 79.9 Å². The minimum Gasteiger partial charge on any atom is -0.392 e. The van der Waals surface area contributed by atoms with Gasteiger partial charge in [-0.3, -0.25) is 0 Å². The molecule has 2 heteroatoms. The number of hydrogen-bond acceptors (Lipinski definition) is 2. The minimum absolute atomic E-state index is 0.0486. The third-order valence-corrected chi connectivity index (χ3v) is 3.62. The van der Waals surface area contributed by atoms with Gasteiger partial charge in [-0.2, -0.15) is 11.8 Å². The van der Waals surface area contributed by atoms with E-state index in [4.69, 9.17) is 0 Å². The van der Waals surface area contributed by atoms with Gasteiger partial charge in [0.05, 0.1) is 6.10 Å². The highest BCUT2D eigenvalue weighted by molar-refractivity contribution is 7.98. The smallest absolute Gasteiger partial charge is 0.0658 e. The van der Waals surface area contributed by atoms with E-state index in [1.54, 1.807) is 11.8 Å². The molecule has 1 rings (SSSR count). The van der Waals surface area contributed by atoms with Crippen LogP contribution in [0.5, 0.6) is 0 Å². The van der Waals surface area contributed by atoms with Gasteiger partial charge in [-0.1, -0.05) is 19.8 Å². The fourth-order valence-electron chi connectivity index (χ4n) is 1.98. The first kappa shape index (κ1) is 10.4. The molecule has 1 saturated carbocycles. The van der Waals surface area contributed by atoms with Crippen molar-refractivity contribution >= 4 is 11.8 Å². The van der Waals surface area contributed by atoms with Crippen molar-refractivity contribution in [3.63, 3.8) is 0 Å². The highest BCUT2D eigenvalue weighted by Gasteiger charge is 2.23. The summed E-state index contributed by atoms with van der Waals surface area (Å²) in [4.78, 5) is 0. The van der Waals surface area contributed by atoms with Crippen LogP contribution in [-0.4, -0.2) is 23.2 Å². The molecule has 0 radical (unpaired) electrons. The molecular weight excluding hydrogens is 168 g/mol. The molecule has 1 aliphatic rings. The third kappa shape index (κ3) is 2.98. The average Bonchev–Trinajstić information content (AvgIpc) is 2.06. The summed E-state index contributed by atoms with van der Waals surface area (Å²) in [7, 11) is 0. The molecule has 1 unspecified atom stereocenters. The standard InChI is InChI=1S/C10H20OS/c1-8-3-5-9(6-4-8)10(11)7-12-2/h8-11H,3-7H2,1-2H3. The summed E-state index contributed by atoms with van der Waals surface area (Å²) in [5.41, 5.74) is 0. The van der Waals surface area contributed by atoms with Crippen LogP contribution in [0.2, 0.25) is 0 Å². The molecule has 12 heavy (non-hydrogen) atoms. The number of aliphatic hydroxyl groups excluding tert-OH is 1. The number of rotatable bonds is 3. The fraction of sp³-hybridized carbons (Fsp3) is 1.00. The van der Waals surface area contributed by atoms with Gasteiger partial charge >= 0.3 is 0 Å². The van der Waals surface area contributed by atoms with E-state index in [0.717, 1.165) is 11.7 Å². The van der Waals surface area contributed by atoms with Gasteiger partial charge in [0.2, 0.25) is 0 Å². The van der Waals surface area contributed by atoms with Crippen LogP contribution >= 0.6 is 11.8 Å². The molecule has 1 N–H and O–H groups in total. The molecular formula is C10H20OS. The van der Waals surface area contributed by atoms with Crippen molar-refractivity contribution < 1.29 is 5.11 Å². The topological polar surface area (TPSA) is 20.2 Å². The van der Waals surface area contributed by atoms with Crippen molar-refractivity contribution in [2.24, 2.45) is 11.8 Å². The predicted octanol–water partition coefficient (Wildman–Crippen LogP) is 2.54. The summed E-state index contributed by atoms with van der Waals surface area (Å²) >= 11 is 1.75. The number of thioether (sulfide) groups is 1. The number of hydrogen-bond donors (Lipinski definition) is 1. The molecule has 1 atom stereocenters. The van der Waals surface area contributed by atoms with Gasteiger partial charge in [-0.05, 0) is 30.9 Å². The molecule has 72 valence electrons. The normalized spacial score (nSPS) is 33.2. The quantitative estimate of drug-likeness (QED) is 0.734. The molecule has 0 saturated heterocycles. The maximum atomic E-state index is 9.74. The number of aliphatic hydroxyl groups is 1. The molecule has 0 bridgehead atoms. The van der Waals surface area contributed by atoms with Crippen molar-refractivity contribution in [2.45, 2.75) is 38.7 Å². The van der Waals surface area contributed by atoms with E-state index in [9.17, 15) is 5.11 Å². The Balaban J connectivity index is 2.24. The summed E-state index contributed by atoms with van der Waals surface area (Å²) < 4.78 is 0. The molecule has 0 amide bonds. The lowest BCUT2D eigenvalue weighted by atomic mass is 9.81. The zero-order chi connectivity index (χ0) is 8.97. The predicted molar refractivity (Wildman–Crippen MR) is 55.5 cm³/mol. The first-order valence-electron chi connectivity index (χ1n) is 4.91. The summed E-state index contributed by atoms with van der Waals surface area (Å²) in [5, 5.41) is 9.74. The molecule has 0 aromatic rings. The summed E-state index contributed by atoms with van der Waals surface area (Å²) in [6, 6.07) is 0. The Bertz CT molecular complexity index is 119. The van der Waals surface area contributed by atoms with Crippen LogP contribution in [0.15, 0.2) is 0 Å². The second kappa shape index (κ2) is 5.13. The first-order chi connectivity index (χ1) is 5.74. The molecule has 1 fully saturated rings. The highest BCUT2D eigenvalue weighted by Crippen LogP contribution is 2.31. The second-order valence-electron chi connectivity index (χ2n) is 4.04. The summed E-state index contributed by atoms with van der Waals surface area (Å²) in [6.45, 7) is 2.32. The zero-order valence-corrected chi connectivity index (χ0v) is 8.94. The van der Waals surface area contributed by atoms with Gasteiger partial charge in [-0.25, -0.2) is 0 Å². The van der Waals surface area contributed by atoms with Crippen molar-refractivity contribution in [3.05, 3.63) is 0 Å². The van der Waals surface area contributed by atoms with Crippen molar-refractivity contribution in [1.82, 2.24) is 0 Å². The van der Waals surface area contributed by atoms with E-state index in [1.807, 2.05) is 0 Å². The molecule has 0 aromatic carbocycles. The average molecular weight is 188 g/mol. The van der Waals surface area contributed by atoms with Gasteiger partial charge < -0.3 is 5.11 Å². The second-order valence-corrected chi connectivity index (χ2v) is 4.95. The minimum atomic E-state index is -0.0486. The lowest BCUT2D eigenvalue weighted by Crippen LogP contribution is -2.26. The van der Waals surface area contributed by atoms with Crippen LogP contribution in [0.3, 0.4) is 0 Å². The van der Waals surface area contributed by atoms with Crippen LogP contribution in [0.4, 0.5) is 0 Å². The fourth-order valence-corrected chi connectivity index (χ4v) is 2.59. The Hall–Kier alpha value is 0.310. The van der Waals surface area contributed by atoms with Crippen LogP contribution < -0.4 is 0 Å². The van der Waals surface area contributed by atoms with Gasteiger partial charge in [0.25, 0.3) is 0 Å². The molecule has 1 aliphatic carbocycles. The zero-order valence-electron chi connectivity index (χ0n) is 8.12. The van der Waals surface area contributed by atoms with Crippen LogP contribution in [0.25, 0.3) is 0 Å². The van der Waals surface area contributed by atoms with E-state index in [-0.39, 0.29) is 6.10 Å². The maximum absolute atomic E-state index is 9.74. The van der Waals surface area contributed by atoms with Crippen LogP contribution in [-0.2, 0) is 0 Å². The van der Waals surface area contributed by atoms with E-state index >= 15 is 0 Å². The monoisotopic (exact) mass is 188 g/mol. The first-order valence-corrected chi connectivity index (χ1v) is 6.30. The van der Waals surface area contributed by atoms with E-state index in [1.165, 1.54) is 25.7 Å². The van der Waals surface area contributed by atoms with Gasteiger partial charge in [0.1, 0.15) is 0 Å². The Morgan fingerprint density at radius 1 is 1.33 bits per heavy atom. The van der Waals surface area contributed by atoms with Crippen LogP contribution in [0, 0.1) is 11.8 Å². The summed E-state index contributed by atoms with van der Waals surface area (Å²) in [6.07, 6.45) is 7.12. The lowest BCUT2D eigenvalue weighted by Gasteiger charge is -2.29. The van der Waals surface area contributed by atoms with Gasteiger partial charge in [0.15, 0.2) is 0 Å². The molecule has 1 nitrogen and oxygen atoms in total. The van der Waals surface area contributed by atoms with Crippen molar-refractivity contribution in [2.75, 3.05) is 12.0 Å². The van der Waals surface area contributed by atoms with Gasteiger partial charge in [0, 0.05) is 5.75 Å². The van der Waals surface area contributed by atoms with Crippen LogP contribution in [0.1, 0.15) is 32.6 Å². The largest absolute Gasteiger partial charge is 0.392 e. The van der Waals surface area contributed by atoms with E-state index in [2.05, 4.69) is 13.2 Å². The molecule has 0 aromatic heterocycles. The highest BCUT2D eigenvalue weighted by atomic mass is 32.2. The Kier molecular flexibility index (Phi) is 4.44. The van der Waals surface area contributed by atoms with Crippen molar-refractivity contribution in [3.8, 4) is 0 Å². The SMILES string of the molecule is CSCC(O)C1CCC(C)CC1. The van der Waals surface area contributed by atoms with Crippen molar-refractivity contribution in [1.29, 1.82) is 0 Å². The Morgan fingerprint density at radius 2 is 1.92 bits per heavy atom. The third-order valence-electron chi connectivity index (χ3n) is 2.94. The summed E-state index contributed by atoms with van der Waals surface area (Å²) in [5.74, 6) is 2.40. The van der Waals surface area contributed by atoms with E-state index < -0.39 is 0 Å². The Morgan fingerprint density at radius 3 is 2.42 bits per heavy atom. The van der Waals surface area contributed by atoms with E-state index in [0.29, 0.717) is 5.92 Å². The van der Waals surface area contributed by atoms with Gasteiger partial charge in [-0.15, -0.1) is 0 Å². The molecule has 0 heterocycles. The molecule has 0 aliphatic heterocycles. The lowest BCUT2D eigenvalue weighted by molar-refractivity contribution is 0.0947.